The molecule has 1 N–H and O–H groups in total. The number of H-pyrrole nitrogens is 1. The fourth-order valence-electron chi connectivity index (χ4n) is 2.58. The lowest BCUT2D eigenvalue weighted by molar-refractivity contribution is 0.103. The summed E-state index contributed by atoms with van der Waals surface area (Å²) in [5, 5.41) is 0. The third-order valence-electron chi connectivity index (χ3n) is 3.59. The fraction of sp³-hybridized carbons (Fsp3) is 0.429. The Labute approximate surface area is 110 Å². The topological polar surface area (TPSA) is 49.0 Å². The molecule has 0 amide bonds. The van der Waals surface area contributed by atoms with Gasteiger partial charge in [0.25, 0.3) is 5.56 Å². The summed E-state index contributed by atoms with van der Waals surface area (Å²) in [5.41, 5.74) is 1.34. The first kappa shape index (κ1) is 12.3. The fourth-order valence-corrected chi connectivity index (χ4v) is 2.58. The number of aromatic nitrogens is 2. The van der Waals surface area contributed by atoms with Gasteiger partial charge in [-0.3, -0.25) is 9.69 Å². The van der Waals surface area contributed by atoms with Crippen LogP contribution in [0.2, 0.25) is 0 Å². The Bertz CT molecular complexity index is 689. The number of hydrogen-bond donors (Lipinski definition) is 1. The smallest absolute Gasteiger partial charge is 0.269 e. The van der Waals surface area contributed by atoms with Gasteiger partial charge in [0.1, 0.15) is 11.2 Å². The number of aryl methyl sites for hydroxylation is 1. The SMILES string of the molecule is Cc1nc2ccc(CN3CC(C)C3)c(F)c2[nH]c1=O. The molecule has 100 valence electrons. The second-order valence-corrected chi connectivity index (χ2v) is 5.38. The zero-order valence-corrected chi connectivity index (χ0v) is 11.0. The highest BCUT2D eigenvalue weighted by Gasteiger charge is 2.23. The molecule has 4 nitrogen and oxygen atoms in total. The molecule has 0 saturated carbocycles. The Morgan fingerprint density at radius 3 is 2.89 bits per heavy atom. The van der Waals surface area contributed by atoms with Crippen molar-refractivity contribution in [1.82, 2.24) is 14.9 Å². The minimum atomic E-state index is -0.360. The summed E-state index contributed by atoms with van der Waals surface area (Å²) in [6, 6.07) is 3.52. The number of benzene rings is 1. The Morgan fingerprint density at radius 2 is 2.21 bits per heavy atom. The van der Waals surface area contributed by atoms with Gasteiger partial charge in [0.05, 0.1) is 5.52 Å². The van der Waals surface area contributed by atoms with Crippen molar-refractivity contribution in [2.45, 2.75) is 20.4 Å². The molecular formula is C14H16FN3O. The molecule has 1 aliphatic rings. The van der Waals surface area contributed by atoms with E-state index in [9.17, 15) is 9.18 Å². The maximum atomic E-state index is 14.4. The van der Waals surface area contributed by atoms with Gasteiger partial charge in [-0.05, 0) is 18.9 Å². The maximum absolute atomic E-state index is 14.4. The van der Waals surface area contributed by atoms with Gasteiger partial charge in [0.15, 0.2) is 5.82 Å². The molecule has 0 radical (unpaired) electrons. The minimum absolute atomic E-state index is 0.210. The van der Waals surface area contributed by atoms with Crippen LogP contribution in [0.4, 0.5) is 4.39 Å². The Kier molecular flexibility index (Phi) is 2.86. The summed E-state index contributed by atoms with van der Waals surface area (Å²) in [6.45, 7) is 6.38. The monoisotopic (exact) mass is 261 g/mol. The van der Waals surface area contributed by atoms with E-state index in [0.29, 0.717) is 29.2 Å². The summed E-state index contributed by atoms with van der Waals surface area (Å²) in [7, 11) is 0. The van der Waals surface area contributed by atoms with E-state index >= 15 is 0 Å². The first-order chi connectivity index (χ1) is 9.04. The minimum Gasteiger partial charge on any atom is -0.317 e. The largest absolute Gasteiger partial charge is 0.317 e. The van der Waals surface area contributed by atoms with Crippen molar-refractivity contribution < 1.29 is 4.39 Å². The van der Waals surface area contributed by atoms with Crippen LogP contribution in [0.25, 0.3) is 11.0 Å². The Balaban J connectivity index is 2.00. The molecule has 0 aliphatic carbocycles. The average molecular weight is 261 g/mol. The summed E-state index contributed by atoms with van der Waals surface area (Å²) < 4.78 is 14.4. The van der Waals surface area contributed by atoms with Gasteiger partial charge in [-0.15, -0.1) is 0 Å². The number of nitrogens with zero attached hydrogens (tertiary/aromatic N) is 2. The molecule has 1 aromatic carbocycles. The van der Waals surface area contributed by atoms with Crippen molar-refractivity contribution in [3.63, 3.8) is 0 Å². The van der Waals surface area contributed by atoms with Crippen LogP contribution >= 0.6 is 0 Å². The zero-order chi connectivity index (χ0) is 13.6. The molecule has 1 aliphatic heterocycles. The highest BCUT2D eigenvalue weighted by molar-refractivity contribution is 5.75. The average Bonchev–Trinajstić information content (AvgIpc) is 2.33. The second kappa shape index (κ2) is 4.42. The molecule has 1 aromatic heterocycles. The van der Waals surface area contributed by atoms with Crippen LogP contribution in [0.5, 0.6) is 0 Å². The van der Waals surface area contributed by atoms with Crippen LogP contribution in [0.3, 0.4) is 0 Å². The number of rotatable bonds is 2. The lowest BCUT2D eigenvalue weighted by atomic mass is 10.0. The van der Waals surface area contributed by atoms with Crippen LogP contribution in [0.1, 0.15) is 18.2 Å². The van der Waals surface area contributed by atoms with Gasteiger partial charge >= 0.3 is 0 Å². The van der Waals surface area contributed by atoms with Crippen molar-refractivity contribution in [3.05, 3.63) is 39.6 Å². The molecule has 0 atom stereocenters. The molecule has 1 saturated heterocycles. The quantitative estimate of drug-likeness (QED) is 0.897. The van der Waals surface area contributed by atoms with Gasteiger partial charge < -0.3 is 4.98 Å². The molecule has 0 spiro atoms. The van der Waals surface area contributed by atoms with Gasteiger partial charge in [-0.1, -0.05) is 13.0 Å². The zero-order valence-electron chi connectivity index (χ0n) is 11.0. The summed E-state index contributed by atoms with van der Waals surface area (Å²) in [6.07, 6.45) is 0. The number of nitrogens with one attached hydrogen (secondary N) is 1. The molecule has 1 fully saturated rings. The van der Waals surface area contributed by atoms with E-state index in [1.165, 1.54) is 0 Å². The Hall–Kier alpha value is -1.75. The van der Waals surface area contributed by atoms with Crippen molar-refractivity contribution in [2.24, 2.45) is 5.92 Å². The van der Waals surface area contributed by atoms with Crippen LogP contribution in [0.15, 0.2) is 16.9 Å². The molecule has 0 unspecified atom stereocenters. The summed E-state index contributed by atoms with van der Waals surface area (Å²) in [4.78, 5) is 20.4. The third-order valence-corrected chi connectivity index (χ3v) is 3.59. The Morgan fingerprint density at radius 1 is 1.47 bits per heavy atom. The number of fused-ring (bicyclic) bond motifs is 1. The van der Waals surface area contributed by atoms with Crippen molar-refractivity contribution >= 4 is 11.0 Å². The molecule has 3 rings (SSSR count). The van der Waals surface area contributed by atoms with Crippen LogP contribution in [-0.4, -0.2) is 28.0 Å². The molecule has 5 heteroatoms. The lowest BCUT2D eigenvalue weighted by Crippen LogP contribution is -2.44. The highest BCUT2D eigenvalue weighted by atomic mass is 19.1. The first-order valence-corrected chi connectivity index (χ1v) is 6.45. The van der Waals surface area contributed by atoms with E-state index in [2.05, 4.69) is 21.8 Å². The van der Waals surface area contributed by atoms with Crippen LogP contribution < -0.4 is 5.56 Å². The van der Waals surface area contributed by atoms with Crippen molar-refractivity contribution in [2.75, 3.05) is 13.1 Å². The van der Waals surface area contributed by atoms with Crippen molar-refractivity contribution in [3.8, 4) is 0 Å². The van der Waals surface area contributed by atoms with E-state index in [0.717, 1.165) is 13.1 Å². The van der Waals surface area contributed by atoms with Gasteiger partial charge in [0, 0.05) is 25.2 Å². The number of halogens is 1. The number of aromatic amines is 1. The van der Waals surface area contributed by atoms with E-state index in [1.807, 2.05) is 0 Å². The molecular weight excluding hydrogens is 245 g/mol. The predicted molar refractivity (Wildman–Crippen MR) is 71.5 cm³/mol. The molecule has 0 bridgehead atoms. The van der Waals surface area contributed by atoms with Crippen LogP contribution in [-0.2, 0) is 6.54 Å². The number of likely N-dealkylation sites (tertiary alicyclic amines) is 1. The molecule has 19 heavy (non-hydrogen) atoms. The second-order valence-electron chi connectivity index (χ2n) is 5.38. The van der Waals surface area contributed by atoms with E-state index in [-0.39, 0.29) is 16.9 Å². The molecule has 2 heterocycles. The normalized spacial score (nSPS) is 16.8. The van der Waals surface area contributed by atoms with E-state index in [4.69, 9.17) is 0 Å². The molecule has 2 aromatic rings. The van der Waals surface area contributed by atoms with Gasteiger partial charge in [-0.2, -0.15) is 0 Å². The van der Waals surface area contributed by atoms with Gasteiger partial charge in [0.2, 0.25) is 0 Å². The van der Waals surface area contributed by atoms with Gasteiger partial charge in [-0.25, -0.2) is 9.37 Å². The lowest BCUT2D eigenvalue weighted by Gasteiger charge is -2.37. The number of hydrogen-bond acceptors (Lipinski definition) is 3. The van der Waals surface area contributed by atoms with Crippen LogP contribution in [0, 0.1) is 18.7 Å². The standard InChI is InChI=1S/C14H16FN3O/c1-8-5-18(6-8)7-10-3-4-11-13(12(10)15)17-14(19)9(2)16-11/h3-4,8H,5-7H2,1-2H3,(H,17,19). The highest BCUT2D eigenvalue weighted by Crippen LogP contribution is 2.22. The summed E-state index contributed by atoms with van der Waals surface area (Å²) in [5.74, 6) is 0.328. The predicted octanol–water partition coefficient (Wildman–Crippen LogP) is 1.82. The van der Waals surface area contributed by atoms with Crippen molar-refractivity contribution in [1.29, 1.82) is 0 Å². The van der Waals surface area contributed by atoms with E-state index < -0.39 is 0 Å². The first-order valence-electron chi connectivity index (χ1n) is 6.45. The maximum Gasteiger partial charge on any atom is 0.269 e. The third kappa shape index (κ3) is 2.14. The van der Waals surface area contributed by atoms with E-state index in [1.54, 1.807) is 19.1 Å². The summed E-state index contributed by atoms with van der Waals surface area (Å²) >= 11 is 0.